The summed E-state index contributed by atoms with van der Waals surface area (Å²) in [4.78, 5) is 12.7. The number of hydrogen-bond acceptors (Lipinski definition) is 3. The molecule has 0 saturated carbocycles. The van der Waals surface area contributed by atoms with Gasteiger partial charge in [0.25, 0.3) is 0 Å². The number of Topliss-reactive ketones (excluding diaryl/α,β-unsaturated/α-hetero) is 1. The predicted octanol–water partition coefficient (Wildman–Crippen LogP) is 6.50. The molecule has 28 heavy (non-hydrogen) atoms. The predicted molar refractivity (Wildman–Crippen MR) is 111 cm³/mol. The van der Waals surface area contributed by atoms with E-state index in [0.717, 1.165) is 11.1 Å². The van der Waals surface area contributed by atoms with E-state index in [2.05, 4.69) is 0 Å². The summed E-state index contributed by atoms with van der Waals surface area (Å²) in [5.74, 6) is 1.24. The van der Waals surface area contributed by atoms with Gasteiger partial charge in [-0.3, -0.25) is 4.79 Å². The van der Waals surface area contributed by atoms with Crippen LogP contribution in [0.1, 0.15) is 27.0 Å². The molecule has 0 fully saturated rings. The maximum atomic E-state index is 12.7. The highest BCUT2D eigenvalue weighted by atomic mass is 35.5. The largest absolute Gasteiger partial charge is 0.488 e. The number of carbonyl (C=O) groups is 1. The van der Waals surface area contributed by atoms with Crippen LogP contribution in [-0.4, -0.2) is 5.78 Å². The highest BCUT2D eigenvalue weighted by Crippen LogP contribution is 2.40. The SMILES string of the molecule is Cc1c(OCc2ccccc2)ccc2c1O/C(=C\c1ccc(Cl)cc1Cl)C2=O. The third-order valence-electron chi connectivity index (χ3n) is 4.52. The first-order chi connectivity index (χ1) is 13.5. The average molecular weight is 411 g/mol. The summed E-state index contributed by atoms with van der Waals surface area (Å²) in [5, 5.41) is 0.987. The van der Waals surface area contributed by atoms with Crippen LogP contribution in [0.15, 0.2) is 66.4 Å². The van der Waals surface area contributed by atoms with Gasteiger partial charge in [-0.15, -0.1) is 0 Å². The molecule has 1 heterocycles. The Morgan fingerprint density at radius 3 is 2.57 bits per heavy atom. The van der Waals surface area contributed by atoms with E-state index in [1.165, 1.54) is 0 Å². The van der Waals surface area contributed by atoms with Gasteiger partial charge in [0.15, 0.2) is 5.76 Å². The number of carbonyl (C=O) groups excluding carboxylic acids is 1. The molecule has 3 aromatic rings. The number of ether oxygens (including phenoxy) is 2. The molecular weight excluding hydrogens is 395 g/mol. The lowest BCUT2D eigenvalue weighted by molar-refractivity contribution is 0.101. The van der Waals surface area contributed by atoms with Crippen molar-refractivity contribution in [3.05, 3.63) is 98.7 Å². The van der Waals surface area contributed by atoms with E-state index >= 15 is 0 Å². The molecule has 0 aliphatic carbocycles. The van der Waals surface area contributed by atoms with Gasteiger partial charge < -0.3 is 9.47 Å². The molecule has 0 radical (unpaired) electrons. The average Bonchev–Trinajstić information content (AvgIpc) is 3.01. The lowest BCUT2D eigenvalue weighted by Crippen LogP contribution is -1.98. The first-order valence-corrected chi connectivity index (χ1v) is 9.48. The van der Waals surface area contributed by atoms with E-state index in [0.29, 0.717) is 39.3 Å². The summed E-state index contributed by atoms with van der Waals surface area (Å²) in [6.07, 6.45) is 1.63. The second-order valence-electron chi connectivity index (χ2n) is 6.45. The Morgan fingerprint density at radius 2 is 1.82 bits per heavy atom. The van der Waals surface area contributed by atoms with Gasteiger partial charge in [-0.2, -0.15) is 0 Å². The van der Waals surface area contributed by atoms with E-state index in [4.69, 9.17) is 32.7 Å². The number of rotatable bonds is 4. The van der Waals surface area contributed by atoms with Crippen LogP contribution in [0.25, 0.3) is 6.08 Å². The topological polar surface area (TPSA) is 35.5 Å². The van der Waals surface area contributed by atoms with Gasteiger partial charge >= 0.3 is 0 Å². The lowest BCUT2D eigenvalue weighted by atomic mass is 10.1. The van der Waals surface area contributed by atoms with Crippen LogP contribution >= 0.6 is 23.2 Å². The van der Waals surface area contributed by atoms with Crippen molar-refractivity contribution in [2.75, 3.05) is 0 Å². The first-order valence-electron chi connectivity index (χ1n) is 8.72. The molecule has 3 aromatic carbocycles. The molecule has 4 rings (SSSR count). The number of allylic oxidation sites excluding steroid dienone is 1. The van der Waals surface area contributed by atoms with E-state index in [-0.39, 0.29) is 11.5 Å². The van der Waals surface area contributed by atoms with Gasteiger partial charge in [0.2, 0.25) is 5.78 Å². The van der Waals surface area contributed by atoms with Crippen molar-refractivity contribution in [2.45, 2.75) is 13.5 Å². The van der Waals surface area contributed by atoms with Crippen molar-refractivity contribution >= 4 is 35.1 Å². The molecular formula is C23H16Cl2O3. The van der Waals surface area contributed by atoms with E-state index in [9.17, 15) is 4.79 Å². The number of benzene rings is 3. The molecule has 0 N–H and O–H groups in total. The fourth-order valence-corrected chi connectivity index (χ4v) is 3.48. The smallest absolute Gasteiger partial charge is 0.231 e. The Hall–Kier alpha value is -2.75. The Bertz CT molecular complexity index is 1090. The summed E-state index contributed by atoms with van der Waals surface area (Å²) in [6, 6.07) is 18.5. The normalized spacial score (nSPS) is 14.1. The van der Waals surface area contributed by atoms with E-state index < -0.39 is 0 Å². The van der Waals surface area contributed by atoms with Gasteiger partial charge in [0.1, 0.15) is 18.1 Å². The number of hydrogen-bond donors (Lipinski definition) is 0. The summed E-state index contributed by atoms with van der Waals surface area (Å²) in [6.45, 7) is 2.32. The summed E-state index contributed by atoms with van der Waals surface area (Å²) < 4.78 is 11.8. The Kier molecular flexibility index (Phi) is 5.12. The fraction of sp³-hybridized carbons (Fsp3) is 0.0870. The van der Waals surface area contributed by atoms with Crippen LogP contribution in [0.4, 0.5) is 0 Å². The lowest BCUT2D eigenvalue weighted by Gasteiger charge is -2.11. The fourth-order valence-electron chi connectivity index (χ4n) is 3.02. The Labute approximate surface area is 173 Å². The van der Waals surface area contributed by atoms with Crippen molar-refractivity contribution in [3.63, 3.8) is 0 Å². The number of ketones is 1. The van der Waals surface area contributed by atoms with E-state index in [1.54, 1.807) is 36.4 Å². The van der Waals surface area contributed by atoms with Crippen LogP contribution in [-0.2, 0) is 6.61 Å². The molecule has 5 heteroatoms. The van der Waals surface area contributed by atoms with E-state index in [1.807, 2.05) is 37.3 Å². The zero-order valence-electron chi connectivity index (χ0n) is 15.0. The van der Waals surface area contributed by atoms with Crippen LogP contribution < -0.4 is 9.47 Å². The Balaban J connectivity index is 1.60. The van der Waals surface area contributed by atoms with Crippen molar-refractivity contribution in [3.8, 4) is 11.5 Å². The minimum Gasteiger partial charge on any atom is -0.488 e. The number of fused-ring (bicyclic) bond motifs is 1. The van der Waals surface area contributed by atoms with Crippen molar-refractivity contribution < 1.29 is 14.3 Å². The quantitative estimate of drug-likeness (QED) is 0.460. The van der Waals surface area contributed by atoms with Crippen LogP contribution in [0, 0.1) is 6.92 Å². The minimum absolute atomic E-state index is 0.182. The van der Waals surface area contributed by atoms with Crippen LogP contribution in [0.2, 0.25) is 10.0 Å². The van der Waals surface area contributed by atoms with Gasteiger partial charge in [0.05, 0.1) is 5.56 Å². The minimum atomic E-state index is -0.182. The van der Waals surface area contributed by atoms with Crippen molar-refractivity contribution in [2.24, 2.45) is 0 Å². The highest BCUT2D eigenvalue weighted by Gasteiger charge is 2.30. The molecule has 0 aromatic heterocycles. The van der Waals surface area contributed by atoms with Crippen molar-refractivity contribution in [1.29, 1.82) is 0 Å². The van der Waals surface area contributed by atoms with Crippen molar-refractivity contribution in [1.82, 2.24) is 0 Å². The summed E-state index contributed by atoms with van der Waals surface area (Å²) in [5.41, 5.74) is 3.03. The summed E-state index contributed by atoms with van der Waals surface area (Å²) >= 11 is 12.1. The highest BCUT2D eigenvalue weighted by molar-refractivity contribution is 6.35. The Morgan fingerprint density at radius 1 is 1.04 bits per heavy atom. The zero-order chi connectivity index (χ0) is 19.7. The molecule has 3 nitrogen and oxygen atoms in total. The van der Waals surface area contributed by atoms with Gasteiger partial charge in [-0.25, -0.2) is 0 Å². The molecule has 0 amide bonds. The molecule has 1 aliphatic heterocycles. The molecule has 140 valence electrons. The number of halogens is 2. The zero-order valence-corrected chi connectivity index (χ0v) is 16.6. The maximum Gasteiger partial charge on any atom is 0.231 e. The molecule has 0 saturated heterocycles. The second kappa shape index (κ2) is 7.70. The third-order valence-corrected chi connectivity index (χ3v) is 5.09. The molecule has 0 unspecified atom stereocenters. The van der Waals surface area contributed by atoms with Crippen LogP contribution in [0.5, 0.6) is 11.5 Å². The van der Waals surface area contributed by atoms with Gasteiger partial charge in [-0.05, 0) is 48.4 Å². The second-order valence-corrected chi connectivity index (χ2v) is 7.29. The van der Waals surface area contributed by atoms with Gasteiger partial charge in [0, 0.05) is 15.6 Å². The molecule has 0 bridgehead atoms. The molecule has 0 spiro atoms. The summed E-state index contributed by atoms with van der Waals surface area (Å²) in [7, 11) is 0. The monoisotopic (exact) mass is 410 g/mol. The molecule has 1 aliphatic rings. The first kappa shape index (κ1) is 18.6. The van der Waals surface area contributed by atoms with Crippen LogP contribution in [0.3, 0.4) is 0 Å². The maximum absolute atomic E-state index is 12.7. The third kappa shape index (κ3) is 3.64. The van der Waals surface area contributed by atoms with Gasteiger partial charge in [-0.1, -0.05) is 59.6 Å². The standard InChI is InChI=1S/C23H16Cl2O3/c1-14-20(27-13-15-5-3-2-4-6-15)10-9-18-22(26)21(28-23(14)18)11-16-7-8-17(24)12-19(16)25/h2-12H,13H2,1H3/b21-11-. The molecule has 0 atom stereocenters.